The summed E-state index contributed by atoms with van der Waals surface area (Å²) >= 11 is 6.36. The molecule has 4 amide bonds. The molecule has 7 aromatic heterocycles. The lowest BCUT2D eigenvalue weighted by atomic mass is 9.93. The summed E-state index contributed by atoms with van der Waals surface area (Å²) in [7, 11) is -12.4. The van der Waals surface area contributed by atoms with Gasteiger partial charge in [-0.3, -0.25) is 9.59 Å². The monoisotopic (exact) mass is 1790 g/mol. The number of nitrogens with two attached hydrogens (primary N) is 1. The number of pyridine rings is 5. The van der Waals surface area contributed by atoms with Crippen molar-refractivity contribution < 1.29 is 63.4 Å². The second kappa shape index (κ2) is 38.0. The van der Waals surface area contributed by atoms with Crippen molar-refractivity contribution in [3.63, 3.8) is 0 Å². The van der Waals surface area contributed by atoms with Gasteiger partial charge < -0.3 is 49.6 Å². The predicted octanol–water partition coefficient (Wildman–Crippen LogP) is 14.6. The average Bonchev–Trinajstić information content (AvgIpc) is 1.49. The number of sulfonamides is 3. The van der Waals surface area contributed by atoms with Gasteiger partial charge in [-0.1, -0.05) is 29.8 Å². The summed E-state index contributed by atoms with van der Waals surface area (Å²) in [5.74, 6) is 8.09. The van der Waals surface area contributed by atoms with Crippen LogP contribution in [0.1, 0.15) is 226 Å². The molecule has 7 fully saturated rings. The van der Waals surface area contributed by atoms with E-state index in [9.17, 15) is 44.4 Å². The largest absolute Gasteiger partial charge is 0.477 e. The van der Waals surface area contributed by atoms with Crippen LogP contribution in [0.15, 0.2) is 118 Å². The fraction of sp³-hybridized carbons (Fsp3) is 0.602. The highest BCUT2D eigenvalue weighted by molar-refractivity contribution is 7.90. The molecule has 0 aromatic carbocycles. The normalized spacial score (nSPS) is 20.4. The maximum atomic E-state index is 13.6. The molecule has 15 rings (SSSR count). The minimum atomic E-state index is -4.33. The van der Waals surface area contributed by atoms with Gasteiger partial charge in [-0.15, -0.1) is 10.2 Å². The Kier molecular flexibility index (Phi) is 28.3. The average molecular weight is 1790 g/mol. The third-order valence-electron chi connectivity index (χ3n) is 24.2. The van der Waals surface area contributed by atoms with Crippen LogP contribution in [-0.2, 0) is 39.5 Å². The molecule has 124 heavy (non-hydrogen) atoms. The molecule has 3 saturated heterocycles. The summed E-state index contributed by atoms with van der Waals surface area (Å²) in [5.41, 5.74) is -1.82. The van der Waals surface area contributed by atoms with Crippen LogP contribution >= 0.6 is 11.6 Å². The molecule has 8 aliphatic rings. The first kappa shape index (κ1) is 92.2. The molecule has 32 nitrogen and oxygen atoms in total. The second-order valence-electron chi connectivity index (χ2n) is 38.3. The topological polar surface area (TPSA) is 404 Å². The fourth-order valence-corrected chi connectivity index (χ4v) is 20.4. The fourth-order valence-electron chi connectivity index (χ4n) is 17.8. The first-order valence-electron chi connectivity index (χ1n) is 43.7. The van der Waals surface area contributed by atoms with E-state index in [-0.39, 0.29) is 60.2 Å². The van der Waals surface area contributed by atoms with Crippen LogP contribution in [0.25, 0.3) is 11.6 Å². The zero-order valence-corrected chi connectivity index (χ0v) is 76.6. The number of hydrogen-bond acceptors (Lipinski definition) is 25. The lowest BCUT2D eigenvalue weighted by Crippen LogP contribution is -2.45. The van der Waals surface area contributed by atoms with Crippen molar-refractivity contribution >= 4 is 88.9 Å². The van der Waals surface area contributed by atoms with Gasteiger partial charge in [0.25, 0.3) is 41.9 Å². The lowest BCUT2D eigenvalue weighted by Gasteiger charge is -2.34. The van der Waals surface area contributed by atoms with E-state index in [1.165, 1.54) is 86.4 Å². The number of nitrogens with one attached hydrogen (secondary N) is 5. The smallest absolute Gasteiger partial charge is 0.410 e. The van der Waals surface area contributed by atoms with Crippen molar-refractivity contribution in [1.82, 2.24) is 63.7 Å². The molecule has 3 unspecified atom stereocenters. The molecule has 11 heterocycles. The number of likely N-dealkylation sites (tertiary alicyclic amines) is 2. The SMILES string of the molecule is CC(C)(C)OC(=O)N1CC(CCCNc2cccc(S(=O)(=O)NC(=O)c3ccc(-n4ccc(OCCC(C5CC5)C5CC5)n4)nc3Cl)n2)CC1(C)C.CC(C)(C)OC(=O)N1CC(CCCNc2cccc(S(N)(=O)=O)n2)CC1(C)C.CC1(C)CC2CCCNc3cccc(n3)S(=O)(=O)NC(=O)c3ccc(-n4ccc(OCCC(C5CC5)C5CC5)n4)nc3N1C2. The van der Waals surface area contributed by atoms with Crippen LogP contribution in [0, 0.1) is 53.3 Å². The predicted molar refractivity (Wildman–Crippen MR) is 472 cm³/mol. The number of fused-ring (bicyclic) bond motifs is 6. The Morgan fingerprint density at radius 1 is 0.597 bits per heavy atom. The number of primary sulfonamides is 1. The van der Waals surface area contributed by atoms with Crippen LogP contribution < -0.4 is 44.9 Å². The minimum absolute atomic E-state index is 0.113. The quantitative estimate of drug-likeness (QED) is 0.0196. The van der Waals surface area contributed by atoms with E-state index in [4.69, 9.17) is 40.7 Å². The van der Waals surface area contributed by atoms with E-state index in [0.29, 0.717) is 117 Å². The number of amides is 4. The highest BCUT2D eigenvalue weighted by Gasteiger charge is 2.47. The number of nitrogens with zero attached hydrogens (tertiary/aromatic N) is 12. The number of ether oxygens (including phenoxy) is 4. The van der Waals surface area contributed by atoms with E-state index < -0.39 is 53.1 Å². The van der Waals surface area contributed by atoms with Gasteiger partial charge in [0.05, 0.1) is 24.3 Å². The van der Waals surface area contributed by atoms with Crippen molar-refractivity contribution in [2.24, 2.45) is 58.4 Å². The highest BCUT2D eigenvalue weighted by Crippen LogP contribution is 2.52. The Balaban J connectivity index is 0.000000167. The van der Waals surface area contributed by atoms with Gasteiger partial charge >= 0.3 is 12.2 Å². The Morgan fingerprint density at radius 3 is 1.59 bits per heavy atom. The van der Waals surface area contributed by atoms with Crippen LogP contribution in [0.2, 0.25) is 5.15 Å². The Morgan fingerprint density at radius 2 is 1.09 bits per heavy atom. The summed E-state index contributed by atoms with van der Waals surface area (Å²) in [6.45, 7) is 28.9. The van der Waals surface area contributed by atoms with Gasteiger partial charge in [0.1, 0.15) is 39.6 Å². The highest BCUT2D eigenvalue weighted by atomic mass is 35.5. The number of hydrogen-bond donors (Lipinski definition) is 6. The number of halogens is 1. The third-order valence-corrected chi connectivity index (χ3v) is 27.8. The standard InChI is InChI=1S/C37H50ClN7O6S.C32H41N7O4S.C19H32N4O4S/c1-36(2,3)51-35(47)44-23-24(22-37(44,4)5)8-7-19-39-29-9-6-10-32(40-29)52(48,49)43-34(46)28-15-16-30(41-33(28)38)45-20-17-31(42-45)50-21-18-27(25-11-12-25)26-13-14-26;1-32(2)19-21-5-4-16-33-26-6-3-7-29(34-26)44(41,42)37-31(40)25-12-13-27(35-30(25)38(32)20-21)39-17-14-28(36-39)43-18-15-24(22-8-9-22)23-10-11-23;1-18(2,3)27-17(24)23-13-14(12-19(23,4)5)8-7-11-21-15-9-6-10-16(22-15)28(20,25)26/h6,9-10,15-17,20,24-27H,7-8,11-14,18-19,21-23H2,1-5H3,(H,39,40)(H,43,46);3,6-7,12-14,17,21-24H,4-5,8-11,15-16,18-20H2,1-2H3,(H,33,34)(H,37,40);6,9-10,14H,7-8,11-13H2,1-5H3,(H,21,22)(H2,20,25,26). The Bertz CT molecular complexity index is 5290. The van der Waals surface area contributed by atoms with E-state index in [2.05, 4.69) is 97.2 Å². The number of carbonyl (C=O) groups excluding carboxylic acids is 4. The maximum Gasteiger partial charge on any atom is 0.410 e. The number of anilines is 4. The molecule has 36 heteroatoms. The first-order chi connectivity index (χ1) is 58.5. The summed E-state index contributed by atoms with van der Waals surface area (Å²) in [6.07, 6.45) is 23.9. The molecule has 7 aromatic rings. The summed E-state index contributed by atoms with van der Waals surface area (Å²) in [5, 5.41) is 22.8. The molecule has 3 atom stereocenters. The first-order valence-corrected chi connectivity index (χ1v) is 48.6. The van der Waals surface area contributed by atoms with Gasteiger partial charge in [-0.2, -0.15) is 16.8 Å². The Hall–Kier alpha value is -9.45. The van der Waals surface area contributed by atoms with Crippen molar-refractivity contribution in [3.05, 3.63) is 120 Å². The van der Waals surface area contributed by atoms with E-state index in [0.717, 1.165) is 106 Å². The molecule has 7 N–H and O–H groups in total. The van der Waals surface area contributed by atoms with Gasteiger partial charge in [-0.05, 0) is 319 Å². The number of aromatic nitrogens is 9. The van der Waals surface area contributed by atoms with Crippen LogP contribution in [-0.4, -0.2) is 184 Å². The summed E-state index contributed by atoms with van der Waals surface area (Å²) < 4.78 is 106. The molecular formula is C88H123ClN18O14S3. The maximum absolute atomic E-state index is 13.6. The van der Waals surface area contributed by atoms with Crippen molar-refractivity contribution in [3.8, 4) is 23.4 Å². The molecule has 0 spiro atoms. The summed E-state index contributed by atoms with van der Waals surface area (Å²) in [4.78, 5) is 79.4. The molecule has 4 aliphatic heterocycles. The van der Waals surface area contributed by atoms with Gasteiger partial charge in [0, 0.05) is 80.4 Å². The number of rotatable bonds is 28. The van der Waals surface area contributed by atoms with Crippen molar-refractivity contribution in [1.29, 1.82) is 0 Å². The van der Waals surface area contributed by atoms with Crippen molar-refractivity contribution in [2.45, 2.75) is 248 Å². The van der Waals surface area contributed by atoms with Crippen molar-refractivity contribution in [2.75, 3.05) is 73.3 Å². The van der Waals surface area contributed by atoms with Gasteiger partial charge in [0.15, 0.2) is 26.7 Å². The second-order valence-corrected chi connectivity index (χ2v) is 43.5. The van der Waals surface area contributed by atoms with Gasteiger partial charge in [-0.25, -0.2) is 66.9 Å². The molecule has 4 saturated carbocycles. The van der Waals surface area contributed by atoms with Gasteiger partial charge in [0.2, 0.25) is 11.8 Å². The van der Waals surface area contributed by atoms with E-state index in [1.807, 2.05) is 68.3 Å². The number of carbonyl (C=O) groups is 4. The lowest BCUT2D eigenvalue weighted by molar-refractivity contribution is 0.0118. The van der Waals surface area contributed by atoms with Crippen LogP contribution in [0.5, 0.6) is 11.8 Å². The zero-order chi connectivity index (χ0) is 88.9. The van der Waals surface area contributed by atoms with Crippen LogP contribution in [0.4, 0.5) is 32.9 Å². The molecule has 674 valence electrons. The third kappa shape index (κ3) is 25.0. The molecule has 0 radical (unpaired) electrons. The van der Waals surface area contributed by atoms with E-state index >= 15 is 0 Å². The van der Waals surface area contributed by atoms with E-state index in [1.54, 1.807) is 65.5 Å². The molecular weight excluding hydrogens is 1660 g/mol. The molecule has 4 aliphatic carbocycles. The minimum Gasteiger partial charge on any atom is -0.477 e. The Labute approximate surface area is 734 Å². The zero-order valence-electron chi connectivity index (χ0n) is 73.4. The molecule has 4 bridgehead atoms. The van der Waals surface area contributed by atoms with Crippen LogP contribution in [0.3, 0.4) is 0 Å². The summed E-state index contributed by atoms with van der Waals surface area (Å²) in [6, 6.07) is 23.8.